The summed E-state index contributed by atoms with van der Waals surface area (Å²) in [4.78, 5) is 17.5. The Kier molecular flexibility index (Phi) is 6.43. The maximum absolute atomic E-state index is 13.0. The van der Waals surface area contributed by atoms with Gasteiger partial charge in [-0.1, -0.05) is 41.1 Å². The molecule has 0 aliphatic rings. The van der Waals surface area contributed by atoms with Crippen molar-refractivity contribution in [3.8, 4) is 11.8 Å². The average molecular weight is 487 g/mol. The Morgan fingerprint density at radius 1 is 1.16 bits per heavy atom. The van der Waals surface area contributed by atoms with Gasteiger partial charge in [0.15, 0.2) is 0 Å². The van der Waals surface area contributed by atoms with Crippen molar-refractivity contribution in [3.63, 3.8) is 0 Å². The number of ether oxygens (including phenoxy) is 1. The van der Waals surface area contributed by atoms with E-state index < -0.39 is 0 Å². The summed E-state index contributed by atoms with van der Waals surface area (Å²) in [5.41, 5.74) is 2.70. The van der Waals surface area contributed by atoms with E-state index in [0.717, 1.165) is 15.6 Å². The van der Waals surface area contributed by atoms with Crippen molar-refractivity contribution in [2.75, 3.05) is 0 Å². The van der Waals surface area contributed by atoms with Gasteiger partial charge in [0.2, 0.25) is 0 Å². The number of hydrogen-bond acceptors (Lipinski definition) is 5. The van der Waals surface area contributed by atoms with E-state index in [-0.39, 0.29) is 5.56 Å². The summed E-state index contributed by atoms with van der Waals surface area (Å²) in [7, 11) is 0. The van der Waals surface area contributed by atoms with Crippen molar-refractivity contribution in [2.45, 2.75) is 20.0 Å². The first kappa shape index (κ1) is 21.5. The number of rotatable bonds is 6. The Morgan fingerprint density at radius 2 is 1.94 bits per heavy atom. The molecule has 0 unspecified atom stereocenters. The van der Waals surface area contributed by atoms with E-state index in [1.54, 1.807) is 18.3 Å². The van der Waals surface area contributed by atoms with Gasteiger partial charge in [0, 0.05) is 16.5 Å². The molecule has 0 saturated heterocycles. The van der Waals surface area contributed by atoms with E-state index >= 15 is 0 Å². The van der Waals surface area contributed by atoms with Crippen molar-refractivity contribution in [1.29, 1.82) is 5.26 Å². The quantitative estimate of drug-likeness (QED) is 0.357. The Labute approximate surface area is 193 Å². The zero-order valence-electron chi connectivity index (χ0n) is 17.3. The van der Waals surface area contributed by atoms with Gasteiger partial charge in [0.1, 0.15) is 18.2 Å². The standard InChI is InChI=1S/C25H19BrN4O2/c1-2-24-29-23-12-9-20(26)13-22(23)25(31)30(24)28-15-17-7-10-21(11-8-17)32-16-19-6-4-3-5-18(19)14-27/h3-13,15H,2,16H2,1H3. The summed E-state index contributed by atoms with van der Waals surface area (Å²) < 4.78 is 7.96. The molecule has 0 amide bonds. The van der Waals surface area contributed by atoms with Crippen LogP contribution in [0.5, 0.6) is 5.75 Å². The fraction of sp³-hybridized carbons (Fsp3) is 0.120. The normalized spacial score (nSPS) is 11.0. The van der Waals surface area contributed by atoms with Crippen LogP contribution >= 0.6 is 15.9 Å². The molecular weight excluding hydrogens is 468 g/mol. The first-order valence-corrected chi connectivity index (χ1v) is 10.8. The fourth-order valence-corrected chi connectivity index (χ4v) is 3.59. The third-order valence-electron chi connectivity index (χ3n) is 4.93. The monoisotopic (exact) mass is 486 g/mol. The molecule has 4 aromatic rings. The second-order valence-electron chi connectivity index (χ2n) is 7.03. The van der Waals surface area contributed by atoms with Crippen LogP contribution in [0.1, 0.15) is 29.4 Å². The van der Waals surface area contributed by atoms with Gasteiger partial charge in [-0.15, -0.1) is 0 Å². The van der Waals surface area contributed by atoms with E-state index in [4.69, 9.17) is 4.74 Å². The number of fused-ring (bicyclic) bond motifs is 1. The van der Waals surface area contributed by atoms with E-state index in [1.165, 1.54) is 4.68 Å². The lowest BCUT2D eigenvalue weighted by Crippen LogP contribution is -2.22. The number of hydrogen-bond donors (Lipinski definition) is 0. The number of nitriles is 1. The van der Waals surface area contributed by atoms with Gasteiger partial charge in [-0.05, 0) is 54.1 Å². The molecule has 158 valence electrons. The highest BCUT2D eigenvalue weighted by Gasteiger charge is 2.09. The Hall–Kier alpha value is -3.76. The van der Waals surface area contributed by atoms with Gasteiger partial charge in [0.25, 0.3) is 5.56 Å². The van der Waals surface area contributed by atoms with Crippen LogP contribution in [0.3, 0.4) is 0 Å². The molecule has 4 rings (SSSR count). The summed E-state index contributed by atoms with van der Waals surface area (Å²) in [5, 5.41) is 14.1. The predicted octanol–water partition coefficient (Wildman–Crippen LogP) is 5.05. The molecule has 0 aliphatic carbocycles. The molecule has 0 aliphatic heterocycles. The van der Waals surface area contributed by atoms with Gasteiger partial charge < -0.3 is 4.74 Å². The highest BCUT2D eigenvalue weighted by atomic mass is 79.9. The van der Waals surface area contributed by atoms with Crippen LogP contribution in [-0.4, -0.2) is 15.9 Å². The van der Waals surface area contributed by atoms with Crippen LogP contribution in [0.2, 0.25) is 0 Å². The molecular formula is C25H19BrN4O2. The van der Waals surface area contributed by atoms with Gasteiger partial charge in [0.05, 0.1) is 28.8 Å². The molecule has 0 N–H and O–H groups in total. The molecule has 0 spiro atoms. The van der Waals surface area contributed by atoms with Crippen molar-refractivity contribution >= 4 is 33.0 Å². The minimum Gasteiger partial charge on any atom is -0.489 e. The third kappa shape index (κ3) is 4.61. The number of halogens is 1. The molecule has 32 heavy (non-hydrogen) atoms. The molecule has 1 aromatic heterocycles. The second-order valence-corrected chi connectivity index (χ2v) is 7.95. The molecule has 7 heteroatoms. The molecule has 3 aromatic carbocycles. The Bertz CT molecular complexity index is 1400. The summed E-state index contributed by atoms with van der Waals surface area (Å²) in [6.45, 7) is 2.25. The molecule has 0 bridgehead atoms. The average Bonchev–Trinajstić information content (AvgIpc) is 2.83. The molecule has 0 atom stereocenters. The highest BCUT2D eigenvalue weighted by molar-refractivity contribution is 9.10. The molecule has 1 heterocycles. The van der Waals surface area contributed by atoms with Crippen molar-refractivity contribution < 1.29 is 4.74 Å². The topological polar surface area (TPSA) is 80.3 Å². The lowest BCUT2D eigenvalue weighted by atomic mass is 10.1. The number of benzene rings is 3. The van der Waals surface area contributed by atoms with Crippen molar-refractivity contribution in [2.24, 2.45) is 5.10 Å². The van der Waals surface area contributed by atoms with Gasteiger partial charge in [-0.3, -0.25) is 4.79 Å². The summed E-state index contributed by atoms with van der Waals surface area (Å²) >= 11 is 3.40. The molecule has 0 radical (unpaired) electrons. The minimum absolute atomic E-state index is 0.208. The second kappa shape index (κ2) is 9.58. The largest absolute Gasteiger partial charge is 0.489 e. The van der Waals surface area contributed by atoms with Crippen LogP contribution in [0.15, 0.2) is 81.1 Å². The summed E-state index contributed by atoms with van der Waals surface area (Å²) in [6.07, 6.45) is 2.20. The van der Waals surface area contributed by atoms with Crippen molar-refractivity contribution in [3.05, 3.63) is 104 Å². The van der Waals surface area contributed by atoms with Crippen LogP contribution < -0.4 is 10.3 Å². The van der Waals surface area contributed by atoms with Crippen LogP contribution in [0, 0.1) is 11.3 Å². The highest BCUT2D eigenvalue weighted by Crippen LogP contribution is 2.17. The van der Waals surface area contributed by atoms with E-state index in [1.807, 2.05) is 61.5 Å². The predicted molar refractivity (Wildman–Crippen MR) is 128 cm³/mol. The minimum atomic E-state index is -0.208. The summed E-state index contributed by atoms with van der Waals surface area (Å²) in [6, 6.07) is 22.3. The first-order valence-electron chi connectivity index (χ1n) is 10.1. The lowest BCUT2D eigenvalue weighted by Gasteiger charge is -2.08. The van der Waals surface area contributed by atoms with E-state index in [0.29, 0.717) is 41.1 Å². The number of aromatic nitrogens is 2. The number of aryl methyl sites for hydroxylation is 1. The van der Waals surface area contributed by atoms with Crippen LogP contribution in [-0.2, 0) is 13.0 Å². The first-order chi connectivity index (χ1) is 15.6. The third-order valence-corrected chi connectivity index (χ3v) is 5.42. The van der Waals surface area contributed by atoms with Crippen LogP contribution in [0.25, 0.3) is 10.9 Å². The Morgan fingerprint density at radius 3 is 2.69 bits per heavy atom. The smallest absolute Gasteiger partial charge is 0.282 e. The molecule has 0 fully saturated rings. The van der Waals surface area contributed by atoms with Crippen molar-refractivity contribution in [1.82, 2.24) is 9.66 Å². The maximum Gasteiger partial charge on any atom is 0.282 e. The molecule has 6 nitrogen and oxygen atoms in total. The van der Waals surface area contributed by atoms with Crippen LogP contribution in [0.4, 0.5) is 0 Å². The van der Waals surface area contributed by atoms with Gasteiger partial charge >= 0.3 is 0 Å². The molecule has 0 saturated carbocycles. The van der Waals surface area contributed by atoms with Gasteiger partial charge in [-0.2, -0.15) is 15.0 Å². The Balaban J connectivity index is 1.54. The van der Waals surface area contributed by atoms with Gasteiger partial charge in [-0.25, -0.2) is 4.98 Å². The van der Waals surface area contributed by atoms with E-state index in [2.05, 4.69) is 32.1 Å². The SMILES string of the molecule is CCc1nc2ccc(Br)cc2c(=O)n1N=Cc1ccc(OCc2ccccc2C#N)cc1. The lowest BCUT2D eigenvalue weighted by molar-refractivity contribution is 0.306. The maximum atomic E-state index is 13.0. The van der Waals surface area contributed by atoms with E-state index in [9.17, 15) is 10.1 Å². The summed E-state index contributed by atoms with van der Waals surface area (Å²) in [5.74, 6) is 1.27. The zero-order chi connectivity index (χ0) is 22.5. The zero-order valence-corrected chi connectivity index (χ0v) is 18.9. The fourth-order valence-electron chi connectivity index (χ4n) is 3.23. The number of nitrogens with zero attached hydrogens (tertiary/aromatic N) is 4.